The maximum atomic E-state index is 5.99. The molecule has 0 aliphatic carbocycles. The Morgan fingerprint density at radius 2 is 1.77 bits per heavy atom. The lowest BCUT2D eigenvalue weighted by molar-refractivity contribution is 0.589. The SMILES string of the molecule is CC(C)NCc1c(Cl)cccc1Cl. The van der Waals surface area contributed by atoms with Crippen LogP contribution in [0.5, 0.6) is 0 Å². The van der Waals surface area contributed by atoms with E-state index in [2.05, 4.69) is 19.2 Å². The number of hydrogen-bond donors (Lipinski definition) is 1. The molecule has 0 aliphatic rings. The van der Waals surface area contributed by atoms with Crippen molar-refractivity contribution in [2.24, 2.45) is 0 Å². The maximum absolute atomic E-state index is 5.99. The van der Waals surface area contributed by atoms with Gasteiger partial charge in [-0.2, -0.15) is 0 Å². The fourth-order valence-electron chi connectivity index (χ4n) is 1.01. The highest BCUT2D eigenvalue weighted by molar-refractivity contribution is 6.35. The topological polar surface area (TPSA) is 12.0 Å². The number of rotatable bonds is 3. The summed E-state index contributed by atoms with van der Waals surface area (Å²) in [6, 6.07) is 5.99. The molecule has 1 aromatic rings. The molecule has 0 radical (unpaired) electrons. The molecule has 1 nitrogen and oxygen atoms in total. The summed E-state index contributed by atoms with van der Waals surface area (Å²) in [7, 11) is 0. The summed E-state index contributed by atoms with van der Waals surface area (Å²) in [5.41, 5.74) is 0.972. The van der Waals surface area contributed by atoms with Crippen molar-refractivity contribution in [1.82, 2.24) is 5.32 Å². The minimum absolute atomic E-state index is 0.437. The smallest absolute Gasteiger partial charge is 0.0465 e. The third kappa shape index (κ3) is 3.18. The van der Waals surface area contributed by atoms with Crippen LogP contribution in [0.15, 0.2) is 18.2 Å². The Balaban J connectivity index is 2.75. The van der Waals surface area contributed by atoms with Crippen LogP contribution in [0.3, 0.4) is 0 Å². The van der Waals surface area contributed by atoms with Crippen molar-refractivity contribution in [3.05, 3.63) is 33.8 Å². The Labute approximate surface area is 89.0 Å². The standard InChI is InChI=1S/C10H13Cl2N/c1-7(2)13-6-8-9(11)4-3-5-10(8)12/h3-5,7,13H,6H2,1-2H3. The third-order valence-corrected chi connectivity index (χ3v) is 2.46. The lowest BCUT2D eigenvalue weighted by atomic mass is 10.2. The molecule has 13 heavy (non-hydrogen) atoms. The summed E-state index contributed by atoms with van der Waals surface area (Å²) >= 11 is 12.0. The molecule has 1 N–H and O–H groups in total. The van der Waals surface area contributed by atoms with Crippen molar-refractivity contribution in [2.75, 3.05) is 0 Å². The molecule has 0 aromatic heterocycles. The summed E-state index contributed by atoms with van der Waals surface area (Å²) in [6.45, 7) is 4.89. The van der Waals surface area contributed by atoms with Gasteiger partial charge < -0.3 is 5.32 Å². The van der Waals surface area contributed by atoms with Gasteiger partial charge in [-0.25, -0.2) is 0 Å². The molecule has 0 amide bonds. The lowest BCUT2D eigenvalue weighted by Gasteiger charge is -2.10. The van der Waals surface area contributed by atoms with Gasteiger partial charge >= 0.3 is 0 Å². The van der Waals surface area contributed by atoms with Crippen molar-refractivity contribution in [3.8, 4) is 0 Å². The van der Waals surface area contributed by atoms with Crippen molar-refractivity contribution in [2.45, 2.75) is 26.4 Å². The zero-order valence-corrected chi connectivity index (χ0v) is 9.28. The molecule has 0 bridgehead atoms. The minimum atomic E-state index is 0.437. The molecule has 0 aliphatic heterocycles. The van der Waals surface area contributed by atoms with Crippen LogP contribution < -0.4 is 5.32 Å². The summed E-state index contributed by atoms with van der Waals surface area (Å²) in [5.74, 6) is 0. The third-order valence-electron chi connectivity index (χ3n) is 1.75. The van der Waals surface area contributed by atoms with Crippen molar-refractivity contribution in [3.63, 3.8) is 0 Å². The molecular weight excluding hydrogens is 205 g/mol. The second-order valence-corrected chi connectivity index (χ2v) is 4.05. The summed E-state index contributed by atoms with van der Waals surface area (Å²) in [6.07, 6.45) is 0. The highest BCUT2D eigenvalue weighted by Crippen LogP contribution is 2.23. The van der Waals surface area contributed by atoms with Gasteiger partial charge in [0.15, 0.2) is 0 Å². The molecule has 0 heterocycles. The molecular formula is C10H13Cl2N. The van der Waals surface area contributed by atoms with Crippen LogP contribution in [0.4, 0.5) is 0 Å². The van der Waals surface area contributed by atoms with Gasteiger partial charge in [0.05, 0.1) is 0 Å². The van der Waals surface area contributed by atoms with Gasteiger partial charge in [0, 0.05) is 28.2 Å². The Hall–Kier alpha value is -0.240. The monoisotopic (exact) mass is 217 g/mol. The van der Waals surface area contributed by atoms with Crippen molar-refractivity contribution in [1.29, 1.82) is 0 Å². The molecule has 3 heteroatoms. The normalized spacial score (nSPS) is 10.8. The second kappa shape index (κ2) is 4.85. The molecule has 0 saturated heterocycles. The molecule has 72 valence electrons. The van der Waals surface area contributed by atoms with E-state index in [0.717, 1.165) is 22.2 Å². The number of benzene rings is 1. The summed E-state index contributed by atoms with van der Waals surface area (Å²) in [4.78, 5) is 0. The summed E-state index contributed by atoms with van der Waals surface area (Å²) in [5, 5.41) is 4.72. The van der Waals surface area contributed by atoms with E-state index in [1.807, 2.05) is 18.2 Å². The Morgan fingerprint density at radius 1 is 1.23 bits per heavy atom. The van der Waals surface area contributed by atoms with Crippen LogP contribution in [-0.4, -0.2) is 6.04 Å². The van der Waals surface area contributed by atoms with E-state index < -0.39 is 0 Å². The van der Waals surface area contributed by atoms with E-state index in [9.17, 15) is 0 Å². The van der Waals surface area contributed by atoms with E-state index in [0.29, 0.717) is 6.04 Å². The van der Waals surface area contributed by atoms with Crippen LogP contribution in [0, 0.1) is 0 Å². The number of nitrogens with one attached hydrogen (secondary N) is 1. The first-order valence-corrected chi connectivity index (χ1v) is 5.03. The molecule has 0 spiro atoms. The molecule has 1 aromatic carbocycles. The van der Waals surface area contributed by atoms with Crippen molar-refractivity contribution >= 4 is 23.2 Å². The first-order chi connectivity index (χ1) is 6.11. The van der Waals surface area contributed by atoms with Gasteiger partial charge in [0.25, 0.3) is 0 Å². The van der Waals surface area contributed by atoms with E-state index in [1.165, 1.54) is 0 Å². The maximum Gasteiger partial charge on any atom is 0.0465 e. The van der Waals surface area contributed by atoms with Crippen LogP contribution in [0.1, 0.15) is 19.4 Å². The Morgan fingerprint density at radius 3 is 2.23 bits per heavy atom. The largest absolute Gasteiger partial charge is 0.310 e. The Kier molecular flexibility index (Phi) is 4.04. The first kappa shape index (κ1) is 10.8. The molecule has 1 rings (SSSR count). The highest BCUT2D eigenvalue weighted by Gasteiger charge is 2.04. The molecule has 0 fully saturated rings. The zero-order chi connectivity index (χ0) is 9.84. The first-order valence-electron chi connectivity index (χ1n) is 4.27. The van der Waals surface area contributed by atoms with Crippen LogP contribution in [0.25, 0.3) is 0 Å². The second-order valence-electron chi connectivity index (χ2n) is 3.24. The van der Waals surface area contributed by atoms with Gasteiger partial charge in [-0.15, -0.1) is 0 Å². The van der Waals surface area contributed by atoms with Crippen LogP contribution >= 0.6 is 23.2 Å². The van der Waals surface area contributed by atoms with Gasteiger partial charge in [0.1, 0.15) is 0 Å². The van der Waals surface area contributed by atoms with E-state index in [1.54, 1.807) is 0 Å². The van der Waals surface area contributed by atoms with Crippen molar-refractivity contribution < 1.29 is 0 Å². The quantitative estimate of drug-likeness (QED) is 0.818. The van der Waals surface area contributed by atoms with Crippen LogP contribution in [-0.2, 0) is 6.54 Å². The molecule has 0 atom stereocenters. The fourth-order valence-corrected chi connectivity index (χ4v) is 1.54. The molecule has 0 saturated carbocycles. The van der Waals surface area contributed by atoms with Crippen LogP contribution in [0.2, 0.25) is 10.0 Å². The Bertz CT molecular complexity index is 264. The zero-order valence-electron chi connectivity index (χ0n) is 7.77. The van der Waals surface area contributed by atoms with Gasteiger partial charge in [0.2, 0.25) is 0 Å². The number of halogens is 2. The fraction of sp³-hybridized carbons (Fsp3) is 0.400. The van der Waals surface area contributed by atoms with Gasteiger partial charge in [-0.1, -0.05) is 43.1 Å². The molecule has 0 unspecified atom stereocenters. The summed E-state index contributed by atoms with van der Waals surface area (Å²) < 4.78 is 0. The minimum Gasteiger partial charge on any atom is -0.310 e. The van der Waals surface area contributed by atoms with Gasteiger partial charge in [-0.05, 0) is 12.1 Å². The van der Waals surface area contributed by atoms with Gasteiger partial charge in [-0.3, -0.25) is 0 Å². The highest BCUT2D eigenvalue weighted by atomic mass is 35.5. The average Bonchev–Trinajstić information content (AvgIpc) is 2.03. The predicted molar refractivity (Wildman–Crippen MR) is 58.4 cm³/mol. The average molecular weight is 218 g/mol. The van der Waals surface area contributed by atoms with E-state index in [-0.39, 0.29) is 0 Å². The van der Waals surface area contributed by atoms with E-state index in [4.69, 9.17) is 23.2 Å². The van der Waals surface area contributed by atoms with E-state index >= 15 is 0 Å². The number of hydrogen-bond acceptors (Lipinski definition) is 1. The predicted octanol–water partition coefficient (Wildman–Crippen LogP) is 3.49. The lowest BCUT2D eigenvalue weighted by Crippen LogP contribution is -2.22.